The summed E-state index contributed by atoms with van der Waals surface area (Å²) >= 11 is 0. The van der Waals surface area contributed by atoms with E-state index in [4.69, 9.17) is 0 Å². The Kier molecular flexibility index (Phi) is 3.11. The summed E-state index contributed by atoms with van der Waals surface area (Å²) in [5, 5.41) is 19.9. The van der Waals surface area contributed by atoms with Gasteiger partial charge < -0.3 is 19.7 Å². The van der Waals surface area contributed by atoms with Gasteiger partial charge in [0, 0.05) is 5.41 Å². The molecule has 1 spiro atoms. The number of ether oxygens (including phenoxy) is 2. The van der Waals surface area contributed by atoms with Crippen LogP contribution in [0.2, 0.25) is 0 Å². The molecule has 0 saturated heterocycles. The lowest BCUT2D eigenvalue weighted by molar-refractivity contribution is -0.205. The zero-order valence-corrected chi connectivity index (χ0v) is 10.5. The molecule has 0 bridgehead atoms. The zero-order valence-electron chi connectivity index (χ0n) is 10.5. The van der Waals surface area contributed by atoms with Crippen molar-refractivity contribution in [1.82, 2.24) is 0 Å². The summed E-state index contributed by atoms with van der Waals surface area (Å²) in [5.41, 5.74) is -2.13. The number of methoxy groups -OCH3 is 2. The molecule has 2 aliphatic rings. The van der Waals surface area contributed by atoms with Crippen molar-refractivity contribution >= 4 is 11.9 Å². The predicted molar refractivity (Wildman–Crippen MR) is 59.4 cm³/mol. The van der Waals surface area contributed by atoms with Crippen molar-refractivity contribution in [3.63, 3.8) is 0 Å². The number of carbonyl (C=O) groups is 2. The SMILES string of the molecule is COC(=O)C1(C(=O)OC)CC2(C1)C(O)CCC2O. The lowest BCUT2D eigenvalue weighted by Crippen LogP contribution is -2.62. The molecule has 0 aromatic heterocycles. The summed E-state index contributed by atoms with van der Waals surface area (Å²) in [6.07, 6.45) is -0.229. The highest BCUT2D eigenvalue weighted by atomic mass is 16.5. The highest BCUT2D eigenvalue weighted by Gasteiger charge is 2.70. The number of aliphatic hydroxyl groups excluding tert-OH is 2. The largest absolute Gasteiger partial charge is 0.468 e. The van der Waals surface area contributed by atoms with E-state index in [-0.39, 0.29) is 12.8 Å². The molecule has 2 atom stereocenters. The second kappa shape index (κ2) is 4.20. The molecular formula is C12H18O6. The lowest BCUT2D eigenvalue weighted by Gasteiger charge is -2.53. The van der Waals surface area contributed by atoms with Gasteiger partial charge in [0.15, 0.2) is 5.41 Å². The molecule has 0 amide bonds. The molecule has 0 aromatic carbocycles. The summed E-state index contributed by atoms with van der Waals surface area (Å²) in [4.78, 5) is 23.6. The van der Waals surface area contributed by atoms with E-state index in [0.29, 0.717) is 12.8 Å². The van der Waals surface area contributed by atoms with E-state index in [0.717, 1.165) is 0 Å². The van der Waals surface area contributed by atoms with Crippen molar-refractivity contribution in [3.8, 4) is 0 Å². The molecule has 0 aromatic rings. The second-order valence-corrected chi connectivity index (χ2v) is 5.26. The van der Waals surface area contributed by atoms with Crippen LogP contribution in [0, 0.1) is 10.8 Å². The van der Waals surface area contributed by atoms with Gasteiger partial charge in [-0.1, -0.05) is 0 Å². The highest BCUT2D eigenvalue weighted by Crippen LogP contribution is 2.63. The number of hydrogen-bond donors (Lipinski definition) is 2. The minimum absolute atomic E-state index is 0.0850. The van der Waals surface area contributed by atoms with Crippen molar-refractivity contribution in [3.05, 3.63) is 0 Å². The van der Waals surface area contributed by atoms with E-state index in [1.807, 2.05) is 0 Å². The van der Waals surface area contributed by atoms with Gasteiger partial charge in [-0.2, -0.15) is 0 Å². The van der Waals surface area contributed by atoms with Crippen molar-refractivity contribution in [1.29, 1.82) is 0 Å². The number of esters is 2. The number of hydrogen-bond acceptors (Lipinski definition) is 6. The van der Waals surface area contributed by atoms with Crippen LogP contribution in [0.25, 0.3) is 0 Å². The average molecular weight is 258 g/mol. The Morgan fingerprint density at radius 3 is 1.72 bits per heavy atom. The van der Waals surface area contributed by atoms with Crippen molar-refractivity contribution in [2.75, 3.05) is 14.2 Å². The Bertz CT molecular complexity index is 341. The number of aliphatic hydroxyl groups is 2. The van der Waals surface area contributed by atoms with E-state index in [1.54, 1.807) is 0 Å². The predicted octanol–water partition coefficient (Wildman–Crippen LogP) is -0.385. The normalized spacial score (nSPS) is 31.8. The van der Waals surface area contributed by atoms with Gasteiger partial charge in [0.05, 0.1) is 26.4 Å². The zero-order chi connectivity index (χ0) is 13.6. The minimum atomic E-state index is -1.37. The molecule has 2 N–H and O–H groups in total. The monoisotopic (exact) mass is 258 g/mol. The molecule has 0 aliphatic heterocycles. The first-order valence-electron chi connectivity index (χ1n) is 5.96. The fourth-order valence-electron chi connectivity index (χ4n) is 3.42. The van der Waals surface area contributed by atoms with E-state index in [2.05, 4.69) is 9.47 Å². The topological polar surface area (TPSA) is 93.1 Å². The van der Waals surface area contributed by atoms with Crippen molar-refractivity contribution in [2.45, 2.75) is 37.9 Å². The molecule has 102 valence electrons. The maximum atomic E-state index is 11.8. The van der Waals surface area contributed by atoms with Crippen LogP contribution in [0.15, 0.2) is 0 Å². The average Bonchev–Trinajstić information content (AvgIpc) is 2.61. The fourth-order valence-corrected chi connectivity index (χ4v) is 3.42. The van der Waals surface area contributed by atoms with E-state index < -0.39 is 35.0 Å². The van der Waals surface area contributed by atoms with Crippen LogP contribution in [-0.2, 0) is 19.1 Å². The van der Waals surface area contributed by atoms with Crippen LogP contribution >= 0.6 is 0 Å². The molecule has 2 rings (SSSR count). The van der Waals surface area contributed by atoms with Gasteiger partial charge in [-0.05, 0) is 25.7 Å². The van der Waals surface area contributed by atoms with E-state index in [9.17, 15) is 19.8 Å². The van der Waals surface area contributed by atoms with Crippen molar-refractivity contribution < 1.29 is 29.3 Å². The first-order chi connectivity index (χ1) is 8.43. The molecular weight excluding hydrogens is 240 g/mol. The van der Waals surface area contributed by atoms with Gasteiger partial charge in [0.25, 0.3) is 0 Å². The van der Waals surface area contributed by atoms with Gasteiger partial charge >= 0.3 is 11.9 Å². The highest BCUT2D eigenvalue weighted by molar-refractivity contribution is 6.01. The van der Waals surface area contributed by atoms with Gasteiger partial charge in [-0.3, -0.25) is 9.59 Å². The Balaban J connectivity index is 2.24. The molecule has 6 heteroatoms. The van der Waals surface area contributed by atoms with Gasteiger partial charge in [0.1, 0.15) is 0 Å². The standard InChI is InChI=1S/C12H18O6/c1-17-9(15)12(10(16)18-2)5-11(6-12)7(13)3-4-8(11)14/h7-8,13-14H,3-6H2,1-2H3. The van der Waals surface area contributed by atoms with Crippen LogP contribution < -0.4 is 0 Å². The Morgan fingerprint density at radius 2 is 1.39 bits per heavy atom. The summed E-state index contributed by atoms with van der Waals surface area (Å²) in [7, 11) is 2.42. The smallest absolute Gasteiger partial charge is 0.323 e. The molecule has 2 fully saturated rings. The Hall–Kier alpha value is -1.14. The third kappa shape index (κ3) is 1.48. The van der Waals surface area contributed by atoms with Crippen LogP contribution in [0.4, 0.5) is 0 Å². The summed E-state index contributed by atoms with van der Waals surface area (Å²) in [6.45, 7) is 0. The Labute approximate surface area is 105 Å². The molecule has 2 unspecified atom stereocenters. The van der Waals surface area contributed by atoms with Gasteiger partial charge in [0.2, 0.25) is 0 Å². The Morgan fingerprint density at radius 1 is 1.00 bits per heavy atom. The molecule has 0 radical (unpaired) electrons. The number of rotatable bonds is 2. The first-order valence-corrected chi connectivity index (χ1v) is 5.96. The quantitative estimate of drug-likeness (QED) is 0.518. The van der Waals surface area contributed by atoms with Crippen LogP contribution in [-0.4, -0.2) is 48.6 Å². The molecule has 6 nitrogen and oxygen atoms in total. The lowest BCUT2D eigenvalue weighted by atomic mass is 9.50. The van der Waals surface area contributed by atoms with Gasteiger partial charge in [-0.25, -0.2) is 0 Å². The van der Waals surface area contributed by atoms with Crippen LogP contribution in [0.1, 0.15) is 25.7 Å². The molecule has 0 heterocycles. The van der Waals surface area contributed by atoms with Crippen molar-refractivity contribution in [2.24, 2.45) is 10.8 Å². The molecule has 2 aliphatic carbocycles. The molecule has 2 saturated carbocycles. The summed E-state index contributed by atoms with van der Waals surface area (Å²) < 4.78 is 9.30. The summed E-state index contributed by atoms with van der Waals surface area (Å²) in [5.74, 6) is -1.32. The van der Waals surface area contributed by atoms with E-state index in [1.165, 1.54) is 14.2 Å². The third-order valence-electron chi connectivity index (χ3n) is 4.45. The summed E-state index contributed by atoms with van der Waals surface area (Å²) in [6, 6.07) is 0. The number of carbonyl (C=O) groups excluding carboxylic acids is 2. The maximum absolute atomic E-state index is 11.8. The first kappa shape index (κ1) is 13.3. The van der Waals surface area contributed by atoms with Crippen LogP contribution in [0.3, 0.4) is 0 Å². The van der Waals surface area contributed by atoms with Gasteiger partial charge in [-0.15, -0.1) is 0 Å². The second-order valence-electron chi connectivity index (χ2n) is 5.26. The van der Waals surface area contributed by atoms with Crippen LogP contribution in [0.5, 0.6) is 0 Å². The maximum Gasteiger partial charge on any atom is 0.323 e. The third-order valence-corrected chi connectivity index (χ3v) is 4.45. The van der Waals surface area contributed by atoms with E-state index >= 15 is 0 Å². The minimum Gasteiger partial charge on any atom is -0.468 e. The molecule has 18 heavy (non-hydrogen) atoms. The fraction of sp³-hybridized carbons (Fsp3) is 0.833.